The highest BCUT2D eigenvalue weighted by Crippen LogP contribution is 2.49. The van der Waals surface area contributed by atoms with Gasteiger partial charge in [-0.3, -0.25) is 14.6 Å². The molecule has 0 spiro atoms. The standard InChI is InChI=1S/C32H32N6O3/c1-37-20-29(35-36-37)26-16-27(26)31(28(17-33)32(39)40)34-25-10-5-9-23(15-25)22-8-4-6-21(14-22)18-38-12-13-41-30-11-3-2-7-24(30)19-38/h2-11,14-15,17,20,26-27H,12-13,16,18-19,33H2,1H3,(H,39,40)/t26-,27?/m0/s1. The number of benzene rings is 3. The number of aliphatic carboxylic acids is 1. The number of aryl methyl sites for hydroxylation is 1. The van der Waals surface area contributed by atoms with Crippen LogP contribution in [-0.4, -0.2) is 49.8 Å². The summed E-state index contributed by atoms with van der Waals surface area (Å²) in [6, 6.07) is 24.6. The summed E-state index contributed by atoms with van der Waals surface area (Å²) in [5.74, 6) is -0.160. The molecule has 0 amide bonds. The number of aliphatic imine (C=N–C) groups is 1. The summed E-state index contributed by atoms with van der Waals surface area (Å²) in [5, 5.41) is 18.1. The van der Waals surface area contributed by atoms with Crippen molar-refractivity contribution in [2.45, 2.75) is 25.4 Å². The lowest BCUT2D eigenvalue weighted by Crippen LogP contribution is -2.25. The van der Waals surface area contributed by atoms with Crippen LogP contribution in [0, 0.1) is 5.92 Å². The number of rotatable bonds is 8. The van der Waals surface area contributed by atoms with Crippen LogP contribution in [0.3, 0.4) is 0 Å². The average Bonchev–Trinajstić information content (AvgIpc) is 3.70. The monoisotopic (exact) mass is 548 g/mol. The maximum absolute atomic E-state index is 12.0. The highest BCUT2D eigenvalue weighted by atomic mass is 16.5. The average molecular weight is 549 g/mol. The molecular formula is C32H32N6O3. The van der Waals surface area contributed by atoms with Gasteiger partial charge in [0.25, 0.3) is 0 Å². The van der Waals surface area contributed by atoms with Crippen LogP contribution in [0.15, 0.2) is 95.8 Å². The summed E-state index contributed by atoms with van der Waals surface area (Å²) in [7, 11) is 1.81. The number of carboxylic acids is 1. The van der Waals surface area contributed by atoms with Crippen molar-refractivity contribution in [3.05, 3.63) is 108 Å². The number of nitrogens with zero attached hydrogens (tertiary/aromatic N) is 5. The summed E-state index contributed by atoms with van der Waals surface area (Å²) in [4.78, 5) is 19.3. The Labute approximate surface area is 238 Å². The van der Waals surface area contributed by atoms with Crippen molar-refractivity contribution in [2.24, 2.45) is 23.7 Å². The van der Waals surface area contributed by atoms with Gasteiger partial charge in [0.2, 0.25) is 0 Å². The molecule has 0 saturated heterocycles. The number of carboxylic acid groups (broad SMARTS) is 1. The molecule has 1 aliphatic heterocycles. The Balaban J connectivity index is 1.25. The maximum atomic E-state index is 12.0. The molecule has 1 fully saturated rings. The van der Waals surface area contributed by atoms with E-state index in [1.807, 2.05) is 49.6 Å². The molecule has 3 N–H and O–H groups in total. The zero-order chi connectivity index (χ0) is 28.3. The van der Waals surface area contributed by atoms with E-state index in [9.17, 15) is 9.90 Å². The quantitative estimate of drug-likeness (QED) is 0.242. The third-order valence-electron chi connectivity index (χ3n) is 7.61. The summed E-state index contributed by atoms with van der Waals surface area (Å²) < 4.78 is 7.59. The molecule has 0 radical (unpaired) electrons. The number of carbonyl (C=O) groups is 1. The molecule has 208 valence electrons. The zero-order valence-electron chi connectivity index (χ0n) is 22.9. The SMILES string of the molecule is Cn1cc([C@H]2CC2C(=Nc2cccc(-c3cccc(CN4CCOc5ccccc5C4)c3)c2)C(=CN)C(=O)O)nn1. The molecule has 1 aliphatic carbocycles. The highest BCUT2D eigenvalue weighted by Gasteiger charge is 2.46. The lowest BCUT2D eigenvalue weighted by atomic mass is 10.0. The van der Waals surface area contributed by atoms with Gasteiger partial charge in [-0.05, 0) is 47.4 Å². The Morgan fingerprint density at radius 3 is 2.71 bits per heavy atom. The Morgan fingerprint density at radius 1 is 1.12 bits per heavy atom. The van der Waals surface area contributed by atoms with E-state index in [4.69, 9.17) is 15.5 Å². The normalized spacial score (nSPS) is 19.2. The summed E-state index contributed by atoms with van der Waals surface area (Å²) in [6.45, 7) is 3.16. The molecule has 4 aromatic rings. The van der Waals surface area contributed by atoms with Crippen molar-refractivity contribution in [2.75, 3.05) is 13.2 Å². The molecule has 1 unspecified atom stereocenters. The minimum atomic E-state index is -1.10. The van der Waals surface area contributed by atoms with Crippen LogP contribution in [0.2, 0.25) is 0 Å². The molecular weight excluding hydrogens is 516 g/mol. The molecule has 41 heavy (non-hydrogen) atoms. The number of hydrogen-bond acceptors (Lipinski definition) is 7. The molecule has 2 aliphatic rings. The molecule has 1 saturated carbocycles. The fraction of sp³-hybridized carbons (Fsp3) is 0.250. The van der Waals surface area contributed by atoms with Gasteiger partial charge in [0.05, 0.1) is 22.7 Å². The van der Waals surface area contributed by atoms with Gasteiger partial charge in [0.1, 0.15) is 12.4 Å². The summed E-state index contributed by atoms with van der Waals surface area (Å²) in [6.07, 6.45) is 3.74. The van der Waals surface area contributed by atoms with Crippen LogP contribution in [0.1, 0.15) is 29.2 Å². The van der Waals surface area contributed by atoms with Crippen LogP contribution >= 0.6 is 0 Å². The third kappa shape index (κ3) is 5.90. The number of nitrogens with two attached hydrogens (primary N) is 1. The van der Waals surface area contributed by atoms with Crippen LogP contribution in [0.5, 0.6) is 5.75 Å². The van der Waals surface area contributed by atoms with Crippen LogP contribution in [0.25, 0.3) is 11.1 Å². The molecule has 6 rings (SSSR count). The van der Waals surface area contributed by atoms with Crippen LogP contribution in [0.4, 0.5) is 5.69 Å². The van der Waals surface area contributed by atoms with Gasteiger partial charge in [-0.25, -0.2) is 4.79 Å². The van der Waals surface area contributed by atoms with Crippen LogP contribution in [-0.2, 0) is 24.9 Å². The van der Waals surface area contributed by atoms with Crippen LogP contribution < -0.4 is 10.5 Å². The van der Waals surface area contributed by atoms with E-state index >= 15 is 0 Å². The molecule has 0 bridgehead atoms. The largest absolute Gasteiger partial charge is 0.492 e. The predicted octanol–water partition coefficient (Wildman–Crippen LogP) is 4.68. The van der Waals surface area contributed by atoms with Gasteiger partial charge >= 0.3 is 5.97 Å². The Kier molecular flexibility index (Phi) is 7.35. The first-order valence-corrected chi connectivity index (χ1v) is 13.7. The van der Waals surface area contributed by atoms with Gasteiger partial charge in [-0.1, -0.05) is 53.7 Å². The van der Waals surface area contributed by atoms with Crippen molar-refractivity contribution in [1.82, 2.24) is 19.9 Å². The first-order valence-electron chi connectivity index (χ1n) is 13.7. The topological polar surface area (TPSA) is 119 Å². The van der Waals surface area contributed by atoms with Crippen molar-refractivity contribution in [1.29, 1.82) is 0 Å². The fourth-order valence-corrected chi connectivity index (χ4v) is 5.48. The van der Waals surface area contributed by atoms with E-state index in [1.165, 1.54) is 11.1 Å². The van der Waals surface area contributed by atoms with Gasteiger partial charge < -0.3 is 15.6 Å². The molecule has 2 heterocycles. The Morgan fingerprint density at radius 2 is 1.93 bits per heavy atom. The fourth-order valence-electron chi connectivity index (χ4n) is 5.48. The Hall–Kier alpha value is -4.76. The van der Waals surface area contributed by atoms with Crippen molar-refractivity contribution in [3.8, 4) is 16.9 Å². The van der Waals surface area contributed by atoms with E-state index in [1.54, 1.807) is 4.68 Å². The zero-order valence-corrected chi connectivity index (χ0v) is 22.9. The van der Waals surface area contributed by atoms with Crippen molar-refractivity contribution >= 4 is 17.4 Å². The number of fused-ring (bicyclic) bond motifs is 1. The minimum absolute atomic E-state index is 0.0109. The van der Waals surface area contributed by atoms with Gasteiger partial charge in [0, 0.05) is 56.5 Å². The van der Waals surface area contributed by atoms with Crippen molar-refractivity contribution in [3.63, 3.8) is 0 Å². The van der Waals surface area contributed by atoms with E-state index < -0.39 is 5.97 Å². The second-order valence-corrected chi connectivity index (χ2v) is 10.6. The second kappa shape index (κ2) is 11.4. The highest BCUT2D eigenvalue weighted by molar-refractivity contribution is 6.21. The first-order chi connectivity index (χ1) is 20.0. The van der Waals surface area contributed by atoms with Gasteiger partial charge in [0.15, 0.2) is 0 Å². The lowest BCUT2D eigenvalue weighted by Gasteiger charge is -2.20. The maximum Gasteiger partial charge on any atom is 0.339 e. The van der Waals surface area contributed by atoms with Gasteiger partial charge in [-0.15, -0.1) is 5.10 Å². The minimum Gasteiger partial charge on any atom is -0.492 e. The lowest BCUT2D eigenvalue weighted by molar-refractivity contribution is -0.132. The summed E-state index contributed by atoms with van der Waals surface area (Å²) >= 11 is 0. The molecule has 3 aromatic carbocycles. The van der Waals surface area contributed by atoms with Crippen molar-refractivity contribution < 1.29 is 14.6 Å². The molecule has 2 atom stereocenters. The smallest absolute Gasteiger partial charge is 0.339 e. The number of hydrogen-bond donors (Lipinski definition) is 2. The van der Waals surface area contributed by atoms with Gasteiger partial charge in [-0.2, -0.15) is 0 Å². The Bertz CT molecular complexity index is 1640. The number of aromatic nitrogens is 3. The molecule has 1 aromatic heterocycles. The third-order valence-corrected chi connectivity index (χ3v) is 7.61. The van der Waals surface area contributed by atoms with E-state index in [2.05, 4.69) is 51.6 Å². The molecule has 9 heteroatoms. The number of ether oxygens (including phenoxy) is 1. The summed E-state index contributed by atoms with van der Waals surface area (Å²) in [5.41, 5.74) is 12.2. The second-order valence-electron chi connectivity index (χ2n) is 10.6. The first kappa shape index (κ1) is 26.5. The van der Waals surface area contributed by atoms with E-state index in [-0.39, 0.29) is 17.4 Å². The molecule has 9 nitrogen and oxygen atoms in total. The predicted molar refractivity (Wildman–Crippen MR) is 157 cm³/mol. The van der Waals surface area contributed by atoms with E-state index in [0.29, 0.717) is 18.0 Å². The van der Waals surface area contributed by atoms with E-state index in [0.717, 1.165) is 54.8 Å². The number of para-hydroxylation sites is 1.